The van der Waals surface area contributed by atoms with Crippen molar-refractivity contribution in [3.05, 3.63) is 67.0 Å². The molecule has 0 saturated carbocycles. The van der Waals surface area contributed by atoms with E-state index in [-0.39, 0.29) is 5.95 Å². The van der Waals surface area contributed by atoms with E-state index in [9.17, 15) is 18.0 Å². The minimum absolute atomic E-state index is 0.0580. The Labute approximate surface area is 175 Å². The van der Waals surface area contributed by atoms with Crippen molar-refractivity contribution in [1.82, 2.24) is 15.0 Å². The SMILES string of the molecule is C=CC(=O)Nc1ccc(Nc2nc(Nc3ccc(OC)nc3)ncc2C(F)(F)F)cc1. The Morgan fingerprint density at radius 2 is 1.68 bits per heavy atom. The molecule has 0 radical (unpaired) electrons. The fourth-order valence-electron chi connectivity index (χ4n) is 2.42. The Kier molecular flexibility index (Phi) is 6.34. The Balaban J connectivity index is 1.85. The number of hydrogen-bond acceptors (Lipinski definition) is 7. The second-order valence-corrected chi connectivity index (χ2v) is 6.06. The van der Waals surface area contributed by atoms with Crippen LogP contribution in [-0.2, 0) is 11.0 Å². The van der Waals surface area contributed by atoms with Crippen LogP contribution in [0, 0.1) is 0 Å². The highest BCUT2D eigenvalue weighted by atomic mass is 19.4. The molecule has 3 aromatic rings. The van der Waals surface area contributed by atoms with Crippen LogP contribution in [0.3, 0.4) is 0 Å². The number of benzene rings is 1. The number of amides is 1. The number of ether oxygens (including phenoxy) is 1. The number of carbonyl (C=O) groups excluding carboxylic acids is 1. The molecule has 0 aliphatic carbocycles. The summed E-state index contributed by atoms with van der Waals surface area (Å²) in [6, 6.07) is 9.26. The summed E-state index contributed by atoms with van der Waals surface area (Å²) in [7, 11) is 1.46. The van der Waals surface area contributed by atoms with Gasteiger partial charge in [0.1, 0.15) is 11.4 Å². The first kappa shape index (κ1) is 21.6. The Bertz CT molecular complexity index is 1070. The number of nitrogens with one attached hydrogen (secondary N) is 3. The summed E-state index contributed by atoms with van der Waals surface area (Å²) in [4.78, 5) is 23.0. The summed E-state index contributed by atoms with van der Waals surface area (Å²) >= 11 is 0. The number of pyridine rings is 1. The first-order chi connectivity index (χ1) is 14.8. The van der Waals surface area contributed by atoms with Gasteiger partial charge < -0.3 is 20.7 Å². The monoisotopic (exact) mass is 430 g/mol. The van der Waals surface area contributed by atoms with E-state index in [4.69, 9.17) is 4.74 Å². The highest BCUT2D eigenvalue weighted by molar-refractivity contribution is 5.98. The summed E-state index contributed by atoms with van der Waals surface area (Å²) in [5, 5.41) is 7.98. The predicted molar refractivity (Wildman–Crippen MR) is 110 cm³/mol. The molecule has 8 nitrogen and oxygen atoms in total. The van der Waals surface area contributed by atoms with Gasteiger partial charge in [0.2, 0.25) is 17.7 Å². The van der Waals surface area contributed by atoms with Gasteiger partial charge in [-0.2, -0.15) is 18.2 Å². The van der Waals surface area contributed by atoms with Gasteiger partial charge in [-0.05, 0) is 36.4 Å². The zero-order chi connectivity index (χ0) is 22.4. The Morgan fingerprint density at radius 3 is 2.26 bits per heavy atom. The van der Waals surface area contributed by atoms with Crippen LogP contribution in [0.2, 0.25) is 0 Å². The van der Waals surface area contributed by atoms with E-state index < -0.39 is 23.5 Å². The molecule has 1 aromatic carbocycles. The van der Waals surface area contributed by atoms with E-state index in [2.05, 4.69) is 37.5 Å². The highest BCUT2D eigenvalue weighted by Crippen LogP contribution is 2.35. The van der Waals surface area contributed by atoms with Crippen LogP contribution < -0.4 is 20.7 Å². The number of rotatable bonds is 7. The third-order valence-corrected chi connectivity index (χ3v) is 3.90. The molecule has 0 saturated heterocycles. The van der Waals surface area contributed by atoms with Crippen molar-refractivity contribution in [2.24, 2.45) is 0 Å². The van der Waals surface area contributed by atoms with Crippen LogP contribution in [0.5, 0.6) is 5.88 Å². The number of halogens is 3. The molecule has 2 aromatic heterocycles. The average molecular weight is 430 g/mol. The molecular formula is C20H17F3N6O2. The van der Waals surface area contributed by atoms with Gasteiger partial charge >= 0.3 is 6.18 Å². The van der Waals surface area contributed by atoms with Crippen LogP contribution in [0.15, 0.2) is 61.4 Å². The molecule has 0 spiro atoms. The maximum atomic E-state index is 13.4. The lowest BCUT2D eigenvalue weighted by molar-refractivity contribution is -0.137. The fraction of sp³-hybridized carbons (Fsp3) is 0.100. The topological polar surface area (TPSA) is 101 Å². The lowest BCUT2D eigenvalue weighted by Gasteiger charge is -2.15. The molecule has 0 unspecified atom stereocenters. The van der Waals surface area contributed by atoms with E-state index in [1.807, 2.05) is 0 Å². The molecule has 1 amide bonds. The molecule has 0 bridgehead atoms. The van der Waals surface area contributed by atoms with Gasteiger partial charge in [0.15, 0.2) is 0 Å². The summed E-state index contributed by atoms with van der Waals surface area (Å²) in [5.41, 5.74) is 0.227. The number of carbonyl (C=O) groups is 1. The fourth-order valence-corrected chi connectivity index (χ4v) is 2.42. The lowest BCUT2D eigenvalue weighted by atomic mass is 10.2. The number of alkyl halides is 3. The molecule has 31 heavy (non-hydrogen) atoms. The quantitative estimate of drug-likeness (QED) is 0.474. The third kappa shape index (κ3) is 5.69. The molecular weight excluding hydrogens is 413 g/mol. The van der Waals surface area contributed by atoms with E-state index in [0.29, 0.717) is 29.1 Å². The van der Waals surface area contributed by atoms with Crippen molar-refractivity contribution in [3.8, 4) is 5.88 Å². The van der Waals surface area contributed by atoms with Gasteiger partial charge in [-0.3, -0.25) is 4.79 Å². The van der Waals surface area contributed by atoms with Gasteiger partial charge in [0.25, 0.3) is 0 Å². The van der Waals surface area contributed by atoms with Crippen molar-refractivity contribution in [1.29, 1.82) is 0 Å². The molecule has 0 aliphatic heterocycles. The number of nitrogens with zero attached hydrogens (tertiary/aromatic N) is 3. The van der Waals surface area contributed by atoms with Crippen LogP contribution in [0.4, 0.5) is 42.0 Å². The third-order valence-electron chi connectivity index (χ3n) is 3.90. The Hall–Kier alpha value is -4.15. The largest absolute Gasteiger partial charge is 0.481 e. The van der Waals surface area contributed by atoms with E-state index in [0.717, 1.165) is 6.08 Å². The zero-order valence-electron chi connectivity index (χ0n) is 16.2. The van der Waals surface area contributed by atoms with Gasteiger partial charge in [-0.15, -0.1) is 0 Å². The van der Waals surface area contributed by atoms with Gasteiger partial charge in [-0.1, -0.05) is 6.58 Å². The smallest absolute Gasteiger partial charge is 0.421 e. The van der Waals surface area contributed by atoms with Gasteiger partial charge in [0.05, 0.1) is 19.0 Å². The second kappa shape index (κ2) is 9.11. The summed E-state index contributed by atoms with van der Waals surface area (Å²) in [6.07, 6.45) is -1.44. The second-order valence-electron chi connectivity index (χ2n) is 6.06. The maximum absolute atomic E-state index is 13.4. The molecule has 3 rings (SSSR count). The minimum atomic E-state index is -4.67. The molecule has 3 N–H and O–H groups in total. The van der Waals surface area contributed by atoms with Gasteiger partial charge in [0, 0.05) is 23.6 Å². The number of aromatic nitrogens is 3. The number of hydrogen-bond donors (Lipinski definition) is 3. The molecule has 0 aliphatic rings. The average Bonchev–Trinajstić information content (AvgIpc) is 2.75. The first-order valence-corrected chi connectivity index (χ1v) is 8.80. The van der Waals surface area contributed by atoms with E-state index in [1.54, 1.807) is 12.1 Å². The van der Waals surface area contributed by atoms with Crippen molar-refractivity contribution in [2.45, 2.75) is 6.18 Å². The van der Waals surface area contributed by atoms with Crippen molar-refractivity contribution < 1.29 is 22.7 Å². The zero-order valence-corrected chi connectivity index (χ0v) is 16.2. The van der Waals surface area contributed by atoms with Crippen molar-refractivity contribution in [2.75, 3.05) is 23.1 Å². The van der Waals surface area contributed by atoms with Crippen molar-refractivity contribution >= 4 is 34.7 Å². The molecule has 0 atom stereocenters. The van der Waals surface area contributed by atoms with Crippen LogP contribution in [0.1, 0.15) is 5.56 Å². The van der Waals surface area contributed by atoms with E-state index in [1.165, 1.54) is 37.6 Å². The Morgan fingerprint density at radius 1 is 1.00 bits per heavy atom. The predicted octanol–water partition coefficient (Wildman–Crippen LogP) is 4.51. The number of methoxy groups -OCH3 is 1. The van der Waals surface area contributed by atoms with E-state index >= 15 is 0 Å². The maximum Gasteiger partial charge on any atom is 0.421 e. The molecule has 11 heteroatoms. The standard InChI is InChI=1S/C20H17F3N6O2/c1-3-16(30)26-12-4-6-13(7-5-12)27-18-15(20(21,22)23)11-25-19(29-18)28-14-8-9-17(31-2)24-10-14/h3-11H,1H2,2H3,(H,26,30)(H2,25,27,28,29). The van der Waals surface area contributed by atoms with Crippen LogP contribution >= 0.6 is 0 Å². The van der Waals surface area contributed by atoms with Crippen LogP contribution in [-0.4, -0.2) is 28.0 Å². The summed E-state index contributed by atoms with van der Waals surface area (Å²) in [6.45, 7) is 3.35. The van der Waals surface area contributed by atoms with Crippen molar-refractivity contribution in [3.63, 3.8) is 0 Å². The van der Waals surface area contributed by atoms with Crippen LogP contribution in [0.25, 0.3) is 0 Å². The summed E-state index contributed by atoms with van der Waals surface area (Å²) in [5.74, 6) is -0.514. The summed E-state index contributed by atoms with van der Waals surface area (Å²) < 4.78 is 45.2. The lowest BCUT2D eigenvalue weighted by Crippen LogP contribution is -2.12. The number of anilines is 5. The molecule has 2 heterocycles. The minimum Gasteiger partial charge on any atom is -0.481 e. The highest BCUT2D eigenvalue weighted by Gasteiger charge is 2.35. The molecule has 0 fully saturated rings. The normalized spacial score (nSPS) is 10.8. The molecule has 160 valence electrons. The van der Waals surface area contributed by atoms with Gasteiger partial charge in [-0.25, -0.2) is 9.97 Å². The first-order valence-electron chi connectivity index (χ1n) is 8.80.